The van der Waals surface area contributed by atoms with Crippen molar-refractivity contribution in [1.82, 2.24) is 14.6 Å². The van der Waals surface area contributed by atoms with E-state index in [1.165, 1.54) is 18.7 Å². The van der Waals surface area contributed by atoms with Gasteiger partial charge in [0.15, 0.2) is 10.8 Å². The molecule has 3 N–H and O–H groups in total. The molecule has 2 rings (SSSR count). The number of carbonyl (C=O) groups excluding carboxylic acids is 3. The number of nitrogens with one attached hydrogen (secondary N) is 1. The molecule has 1 aromatic rings. The van der Waals surface area contributed by atoms with Crippen molar-refractivity contribution < 1.29 is 22.8 Å². The zero-order valence-electron chi connectivity index (χ0n) is 14.1. The molecule has 1 aliphatic rings. The maximum Gasteiger partial charge on any atom is 0.260 e. The van der Waals surface area contributed by atoms with Crippen molar-refractivity contribution in [3.8, 4) is 0 Å². The van der Waals surface area contributed by atoms with E-state index >= 15 is 0 Å². The lowest BCUT2D eigenvalue weighted by atomic mass is 10.1. The van der Waals surface area contributed by atoms with Gasteiger partial charge < -0.3 is 11.1 Å². The number of Topliss-reactive ketones (excluding diaryl/α,β-unsaturated/α-hetero) is 1. The van der Waals surface area contributed by atoms with E-state index in [1.807, 2.05) is 0 Å². The number of nitrogens with zero attached hydrogens (tertiary/aromatic N) is 2. The molecular formula is C16H21N4O5S. The summed E-state index contributed by atoms with van der Waals surface area (Å²) >= 11 is 0. The second-order valence-electron chi connectivity index (χ2n) is 5.89. The van der Waals surface area contributed by atoms with Gasteiger partial charge in [0.2, 0.25) is 11.8 Å². The van der Waals surface area contributed by atoms with E-state index in [9.17, 15) is 22.8 Å². The molecule has 1 aromatic heterocycles. The number of sulfonamides is 1. The number of nitrogens with two attached hydrogens (primary N) is 1. The first kappa shape index (κ1) is 20.0. The smallest absolute Gasteiger partial charge is 0.260 e. The molecule has 26 heavy (non-hydrogen) atoms. The highest BCUT2D eigenvalue weighted by Gasteiger charge is 2.33. The van der Waals surface area contributed by atoms with E-state index < -0.39 is 33.7 Å². The molecule has 1 atom stereocenters. The number of amides is 2. The van der Waals surface area contributed by atoms with Gasteiger partial charge in [-0.3, -0.25) is 14.4 Å². The van der Waals surface area contributed by atoms with Crippen LogP contribution in [-0.4, -0.2) is 54.4 Å². The Bertz CT molecular complexity index is 766. The van der Waals surface area contributed by atoms with Crippen LogP contribution in [0.15, 0.2) is 29.4 Å². The van der Waals surface area contributed by atoms with Crippen LogP contribution in [0.5, 0.6) is 0 Å². The molecule has 0 aliphatic carbocycles. The fourth-order valence-corrected chi connectivity index (χ4v) is 3.94. The Morgan fingerprint density at radius 2 is 2.15 bits per heavy atom. The maximum absolute atomic E-state index is 12.6. The molecule has 0 bridgehead atoms. The number of rotatable bonds is 7. The van der Waals surface area contributed by atoms with Crippen LogP contribution in [0.1, 0.15) is 25.7 Å². The second kappa shape index (κ2) is 8.86. The van der Waals surface area contributed by atoms with Gasteiger partial charge >= 0.3 is 0 Å². The molecule has 0 saturated carbocycles. The molecule has 1 radical (unpaired) electrons. The fraction of sp³-hybridized carbons (Fsp3) is 0.438. The molecule has 10 heteroatoms. The molecule has 1 aliphatic heterocycles. The minimum atomic E-state index is -3.86. The van der Waals surface area contributed by atoms with Crippen molar-refractivity contribution in [2.24, 2.45) is 5.73 Å². The van der Waals surface area contributed by atoms with Gasteiger partial charge in [0, 0.05) is 19.2 Å². The Balaban J connectivity index is 1.97. The number of hydrogen-bond donors (Lipinski definition) is 2. The van der Waals surface area contributed by atoms with Crippen molar-refractivity contribution in [1.29, 1.82) is 0 Å². The normalized spacial score (nSPS) is 18.9. The lowest BCUT2D eigenvalue weighted by Gasteiger charge is -2.19. The van der Waals surface area contributed by atoms with Gasteiger partial charge in [-0.25, -0.2) is 13.4 Å². The van der Waals surface area contributed by atoms with Gasteiger partial charge in [-0.15, -0.1) is 0 Å². The van der Waals surface area contributed by atoms with Crippen LogP contribution in [0.3, 0.4) is 0 Å². The monoisotopic (exact) mass is 381 g/mol. The van der Waals surface area contributed by atoms with Crippen LogP contribution in [0, 0.1) is 6.42 Å². The third kappa shape index (κ3) is 5.33. The number of primary amides is 1. The first-order chi connectivity index (χ1) is 12.3. The average Bonchev–Trinajstić information content (AvgIpc) is 2.78. The summed E-state index contributed by atoms with van der Waals surface area (Å²) in [6.07, 6.45) is 3.61. The highest BCUT2D eigenvalue weighted by Crippen LogP contribution is 2.17. The largest absolute Gasteiger partial charge is 0.370 e. The highest BCUT2D eigenvalue weighted by molar-refractivity contribution is 7.89. The standard InChI is InChI=1S/C16H21N4O5S/c17-14(22)6-3-7-15(23)19-12-5-4-10-20(11-13(12)21)26(24,25)16-8-1-2-9-18-16/h1-2,7-9,12H,3-6,10-11H2,(H2,17,22)(H,19,23)/t12-/m0/s1. The SMILES string of the molecule is NC(=O)CC[CH]C(=O)N[C@H]1CCCN(S(=O)(=O)c2ccccn2)CC1=O. The van der Waals surface area contributed by atoms with Crippen molar-refractivity contribution in [3.05, 3.63) is 30.8 Å². The summed E-state index contributed by atoms with van der Waals surface area (Å²) in [6, 6.07) is 3.77. The predicted octanol–water partition coefficient (Wildman–Crippen LogP) is -0.610. The van der Waals surface area contributed by atoms with Crippen molar-refractivity contribution >= 4 is 27.6 Å². The number of hydrogen-bond acceptors (Lipinski definition) is 6. The highest BCUT2D eigenvalue weighted by atomic mass is 32.2. The lowest BCUT2D eigenvalue weighted by molar-refractivity contribution is -0.126. The number of aromatic nitrogens is 1. The maximum atomic E-state index is 12.6. The predicted molar refractivity (Wildman–Crippen MR) is 91.9 cm³/mol. The van der Waals surface area contributed by atoms with Crippen molar-refractivity contribution in [3.63, 3.8) is 0 Å². The van der Waals surface area contributed by atoms with E-state index in [0.29, 0.717) is 12.8 Å². The number of ketones is 1. The second-order valence-corrected chi connectivity index (χ2v) is 7.77. The average molecular weight is 381 g/mol. The van der Waals surface area contributed by atoms with Crippen LogP contribution in [0.25, 0.3) is 0 Å². The van der Waals surface area contributed by atoms with Crippen LogP contribution in [0.4, 0.5) is 0 Å². The van der Waals surface area contributed by atoms with Gasteiger partial charge in [0.1, 0.15) is 0 Å². The Morgan fingerprint density at radius 1 is 1.38 bits per heavy atom. The van der Waals surface area contributed by atoms with Crippen LogP contribution < -0.4 is 11.1 Å². The molecule has 141 valence electrons. The minimum Gasteiger partial charge on any atom is -0.370 e. The Kier molecular flexibility index (Phi) is 6.81. The van der Waals surface area contributed by atoms with Crippen LogP contribution in [-0.2, 0) is 24.4 Å². The summed E-state index contributed by atoms with van der Waals surface area (Å²) in [4.78, 5) is 38.7. The molecule has 2 amide bonds. The quantitative estimate of drug-likeness (QED) is 0.646. The molecule has 0 unspecified atom stereocenters. The van der Waals surface area contributed by atoms with E-state index in [4.69, 9.17) is 5.73 Å². The van der Waals surface area contributed by atoms with Gasteiger partial charge in [0.25, 0.3) is 10.0 Å². The molecule has 2 heterocycles. The molecule has 0 aromatic carbocycles. The molecule has 1 saturated heterocycles. The first-order valence-corrected chi connectivity index (χ1v) is 9.60. The fourth-order valence-electron chi connectivity index (χ4n) is 2.56. The summed E-state index contributed by atoms with van der Waals surface area (Å²) in [7, 11) is -3.86. The zero-order valence-corrected chi connectivity index (χ0v) is 14.9. The molecular weight excluding hydrogens is 360 g/mol. The van der Waals surface area contributed by atoms with E-state index in [1.54, 1.807) is 12.1 Å². The Morgan fingerprint density at radius 3 is 2.81 bits per heavy atom. The summed E-state index contributed by atoms with van der Waals surface area (Å²) in [5.74, 6) is -1.39. The summed E-state index contributed by atoms with van der Waals surface area (Å²) in [6.45, 7) is -0.159. The van der Waals surface area contributed by atoms with Gasteiger partial charge in [-0.2, -0.15) is 4.31 Å². The molecule has 1 fully saturated rings. The van der Waals surface area contributed by atoms with E-state index in [2.05, 4.69) is 10.3 Å². The van der Waals surface area contributed by atoms with Gasteiger partial charge in [0.05, 0.1) is 19.0 Å². The van der Waals surface area contributed by atoms with Crippen LogP contribution >= 0.6 is 0 Å². The summed E-state index contributed by atoms with van der Waals surface area (Å²) < 4.78 is 26.3. The molecule has 9 nitrogen and oxygen atoms in total. The first-order valence-electron chi connectivity index (χ1n) is 8.16. The van der Waals surface area contributed by atoms with Crippen molar-refractivity contribution in [2.45, 2.75) is 36.8 Å². The molecule has 0 spiro atoms. The summed E-state index contributed by atoms with van der Waals surface area (Å²) in [5, 5.41) is 2.45. The number of pyridine rings is 1. The third-order valence-corrected chi connectivity index (χ3v) is 5.66. The lowest BCUT2D eigenvalue weighted by Crippen LogP contribution is -2.44. The summed E-state index contributed by atoms with van der Waals surface area (Å²) in [5.41, 5.74) is 5.00. The van der Waals surface area contributed by atoms with E-state index in [-0.39, 0.29) is 31.0 Å². The van der Waals surface area contributed by atoms with E-state index in [0.717, 1.165) is 4.31 Å². The topological polar surface area (TPSA) is 140 Å². The van der Waals surface area contributed by atoms with Gasteiger partial charge in [-0.05, 0) is 31.4 Å². The van der Waals surface area contributed by atoms with Gasteiger partial charge in [-0.1, -0.05) is 6.07 Å². The number of carbonyl (C=O) groups is 3. The van der Waals surface area contributed by atoms with Crippen LogP contribution in [0.2, 0.25) is 0 Å². The Hall–Kier alpha value is -2.33. The Labute approximate surface area is 152 Å². The zero-order chi connectivity index (χ0) is 19.2. The van der Waals surface area contributed by atoms with Crippen molar-refractivity contribution in [2.75, 3.05) is 13.1 Å². The minimum absolute atomic E-state index is 0.0438. The third-order valence-electron chi connectivity index (χ3n) is 3.90.